The zero-order valence-electron chi connectivity index (χ0n) is 12.2. The number of pyridine rings is 1. The number of imidazole rings is 1. The Bertz CT molecular complexity index is 606. The lowest BCUT2D eigenvalue weighted by molar-refractivity contribution is -0.138. The zero-order chi connectivity index (χ0) is 14.7. The van der Waals surface area contributed by atoms with Gasteiger partial charge < -0.3 is 9.51 Å². The SMILES string of the molecule is CCN(Cc1cn2cc(C)ccc2n1)C(C)CC(=O)O. The smallest absolute Gasteiger partial charge is 0.304 e. The molecule has 1 unspecified atom stereocenters. The Morgan fingerprint density at radius 2 is 2.20 bits per heavy atom. The zero-order valence-corrected chi connectivity index (χ0v) is 12.2. The molecule has 20 heavy (non-hydrogen) atoms. The first-order chi connectivity index (χ1) is 9.49. The van der Waals surface area contributed by atoms with Gasteiger partial charge in [-0.05, 0) is 32.0 Å². The number of fused-ring (bicyclic) bond motifs is 1. The van der Waals surface area contributed by atoms with Gasteiger partial charge in [0.25, 0.3) is 0 Å². The van der Waals surface area contributed by atoms with Crippen LogP contribution in [-0.4, -0.2) is 37.9 Å². The molecule has 0 aliphatic carbocycles. The van der Waals surface area contributed by atoms with Gasteiger partial charge in [-0.1, -0.05) is 13.0 Å². The van der Waals surface area contributed by atoms with Crippen molar-refractivity contribution < 1.29 is 9.90 Å². The van der Waals surface area contributed by atoms with Gasteiger partial charge in [-0.3, -0.25) is 9.69 Å². The number of nitrogens with zero attached hydrogens (tertiary/aromatic N) is 3. The first kappa shape index (κ1) is 14.5. The number of carbonyl (C=O) groups is 1. The van der Waals surface area contributed by atoms with Crippen LogP contribution in [0.25, 0.3) is 5.65 Å². The van der Waals surface area contributed by atoms with Crippen LogP contribution in [0.15, 0.2) is 24.5 Å². The molecule has 2 rings (SSSR count). The summed E-state index contributed by atoms with van der Waals surface area (Å²) < 4.78 is 2.01. The summed E-state index contributed by atoms with van der Waals surface area (Å²) >= 11 is 0. The molecule has 2 aromatic rings. The Hall–Kier alpha value is -1.88. The highest BCUT2D eigenvalue weighted by atomic mass is 16.4. The number of aliphatic carboxylic acids is 1. The Kier molecular flexibility index (Phi) is 4.39. The average Bonchev–Trinajstić information content (AvgIpc) is 2.76. The van der Waals surface area contributed by atoms with Crippen molar-refractivity contribution in [2.24, 2.45) is 0 Å². The molecular formula is C15H21N3O2. The van der Waals surface area contributed by atoms with Crippen LogP contribution in [0.2, 0.25) is 0 Å². The van der Waals surface area contributed by atoms with Gasteiger partial charge in [0.2, 0.25) is 0 Å². The highest BCUT2D eigenvalue weighted by Crippen LogP contribution is 2.12. The van der Waals surface area contributed by atoms with Gasteiger partial charge in [-0.25, -0.2) is 4.98 Å². The van der Waals surface area contributed by atoms with Crippen molar-refractivity contribution in [1.82, 2.24) is 14.3 Å². The van der Waals surface area contributed by atoms with Crippen LogP contribution in [-0.2, 0) is 11.3 Å². The Labute approximate surface area is 118 Å². The average molecular weight is 275 g/mol. The van der Waals surface area contributed by atoms with Crippen LogP contribution in [0.5, 0.6) is 0 Å². The maximum absolute atomic E-state index is 10.8. The molecule has 1 atom stereocenters. The summed E-state index contributed by atoms with van der Waals surface area (Å²) in [4.78, 5) is 17.5. The summed E-state index contributed by atoms with van der Waals surface area (Å²) in [6.45, 7) is 7.51. The van der Waals surface area contributed by atoms with Crippen molar-refractivity contribution in [3.05, 3.63) is 35.8 Å². The molecule has 5 nitrogen and oxygen atoms in total. The second-order valence-electron chi connectivity index (χ2n) is 5.21. The minimum atomic E-state index is -0.762. The van der Waals surface area contributed by atoms with Crippen molar-refractivity contribution in [1.29, 1.82) is 0 Å². The van der Waals surface area contributed by atoms with Gasteiger partial charge >= 0.3 is 5.97 Å². The van der Waals surface area contributed by atoms with E-state index in [9.17, 15) is 4.79 Å². The molecule has 0 fully saturated rings. The van der Waals surface area contributed by atoms with Crippen molar-refractivity contribution in [3.63, 3.8) is 0 Å². The number of carboxylic acid groups (broad SMARTS) is 1. The number of aromatic nitrogens is 2. The highest BCUT2D eigenvalue weighted by molar-refractivity contribution is 5.67. The van der Waals surface area contributed by atoms with Crippen LogP contribution in [0.1, 0.15) is 31.5 Å². The molecular weight excluding hydrogens is 254 g/mol. The van der Waals surface area contributed by atoms with Crippen LogP contribution in [0, 0.1) is 6.92 Å². The van der Waals surface area contributed by atoms with Gasteiger partial charge in [0.15, 0.2) is 0 Å². The fourth-order valence-corrected chi connectivity index (χ4v) is 2.40. The molecule has 0 radical (unpaired) electrons. The molecule has 0 amide bonds. The molecule has 0 aromatic carbocycles. The van der Waals surface area contributed by atoms with E-state index in [-0.39, 0.29) is 12.5 Å². The molecule has 108 valence electrons. The van der Waals surface area contributed by atoms with Gasteiger partial charge in [0, 0.05) is 25.0 Å². The number of rotatable bonds is 6. The quantitative estimate of drug-likeness (QED) is 0.879. The Morgan fingerprint density at radius 1 is 1.45 bits per heavy atom. The predicted molar refractivity (Wildman–Crippen MR) is 77.7 cm³/mol. The number of hydrogen-bond donors (Lipinski definition) is 1. The fourth-order valence-electron chi connectivity index (χ4n) is 2.40. The number of carboxylic acids is 1. The van der Waals surface area contributed by atoms with E-state index in [1.165, 1.54) is 5.56 Å². The van der Waals surface area contributed by atoms with E-state index in [4.69, 9.17) is 5.11 Å². The third kappa shape index (κ3) is 3.36. The standard InChI is InChI=1S/C15H21N3O2/c1-4-17(12(3)7-15(19)20)9-13-10-18-8-11(2)5-6-14(18)16-13/h5-6,8,10,12H,4,7,9H2,1-3H3,(H,19,20). The van der Waals surface area contributed by atoms with E-state index < -0.39 is 5.97 Å². The summed E-state index contributed by atoms with van der Waals surface area (Å²) in [6, 6.07) is 4.04. The van der Waals surface area contributed by atoms with Gasteiger partial charge in [-0.2, -0.15) is 0 Å². The van der Waals surface area contributed by atoms with E-state index in [0.29, 0.717) is 6.54 Å². The van der Waals surface area contributed by atoms with E-state index in [2.05, 4.69) is 9.88 Å². The molecule has 2 aromatic heterocycles. The molecule has 0 saturated heterocycles. The number of hydrogen-bond acceptors (Lipinski definition) is 3. The fraction of sp³-hybridized carbons (Fsp3) is 0.467. The van der Waals surface area contributed by atoms with E-state index >= 15 is 0 Å². The normalized spacial score (nSPS) is 13.0. The third-order valence-corrected chi connectivity index (χ3v) is 3.51. The predicted octanol–water partition coefficient (Wildman–Crippen LogP) is 2.33. The van der Waals surface area contributed by atoms with Crippen LogP contribution in [0.3, 0.4) is 0 Å². The van der Waals surface area contributed by atoms with Crippen molar-refractivity contribution in [3.8, 4) is 0 Å². The van der Waals surface area contributed by atoms with E-state index in [0.717, 1.165) is 17.9 Å². The molecule has 0 spiro atoms. The van der Waals surface area contributed by atoms with E-state index in [1.54, 1.807) is 0 Å². The monoisotopic (exact) mass is 275 g/mol. The van der Waals surface area contributed by atoms with Gasteiger partial charge in [0.1, 0.15) is 5.65 Å². The first-order valence-corrected chi connectivity index (χ1v) is 6.89. The highest BCUT2D eigenvalue weighted by Gasteiger charge is 2.16. The molecule has 5 heteroatoms. The summed E-state index contributed by atoms with van der Waals surface area (Å²) in [5.74, 6) is -0.762. The van der Waals surface area contributed by atoms with Gasteiger partial charge in [-0.15, -0.1) is 0 Å². The lowest BCUT2D eigenvalue weighted by Gasteiger charge is -2.25. The number of aryl methyl sites for hydroxylation is 1. The molecule has 2 heterocycles. The topological polar surface area (TPSA) is 57.8 Å². The molecule has 0 aliphatic rings. The Morgan fingerprint density at radius 3 is 2.85 bits per heavy atom. The molecule has 0 saturated carbocycles. The maximum atomic E-state index is 10.8. The molecule has 0 aliphatic heterocycles. The summed E-state index contributed by atoms with van der Waals surface area (Å²) in [7, 11) is 0. The van der Waals surface area contributed by atoms with Gasteiger partial charge in [0.05, 0.1) is 12.1 Å². The first-order valence-electron chi connectivity index (χ1n) is 6.89. The summed E-state index contributed by atoms with van der Waals surface area (Å²) in [5.41, 5.74) is 3.08. The molecule has 0 bridgehead atoms. The minimum Gasteiger partial charge on any atom is -0.481 e. The van der Waals surface area contributed by atoms with E-state index in [1.807, 2.05) is 49.7 Å². The second kappa shape index (κ2) is 6.05. The molecule has 1 N–H and O–H groups in total. The summed E-state index contributed by atoms with van der Waals surface area (Å²) in [5, 5.41) is 8.89. The van der Waals surface area contributed by atoms with Crippen LogP contribution < -0.4 is 0 Å². The lowest BCUT2D eigenvalue weighted by Crippen LogP contribution is -2.34. The second-order valence-corrected chi connectivity index (χ2v) is 5.21. The minimum absolute atomic E-state index is 0.00375. The third-order valence-electron chi connectivity index (χ3n) is 3.51. The van der Waals surface area contributed by atoms with Crippen molar-refractivity contribution >= 4 is 11.6 Å². The maximum Gasteiger partial charge on any atom is 0.304 e. The van der Waals surface area contributed by atoms with Crippen LogP contribution >= 0.6 is 0 Å². The van der Waals surface area contributed by atoms with Crippen molar-refractivity contribution in [2.75, 3.05) is 6.54 Å². The Balaban J connectivity index is 2.14. The lowest BCUT2D eigenvalue weighted by atomic mass is 10.2. The van der Waals surface area contributed by atoms with Crippen LogP contribution in [0.4, 0.5) is 0 Å². The largest absolute Gasteiger partial charge is 0.481 e. The van der Waals surface area contributed by atoms with Crippen molar-refractivity contribution in [2.45, 2.75) is 39.8 Å². The summed E-state index contributed by atoms with van der Waals surface area (Å²) in [6.07, 6.45) is 4.21.